The van der Waals surface area contributed by atoms with E-state index in [2.05, 4.69) is 48.2 Å². The van der Waals surface area contributed by atoms with Gasteiger partial charge in [0.25, 0.3) is 0 Å². The van der Waals surface area contributed by atoms with Gasteiger partial charge in [0.15, 0.2) is 0 Å². The number of nitrogens with zero attached hydrogens (tertiary/aromatic N) is 2. The highest BCUT2D eigenvalue weighted by molar-refractivity contribution is 5.45. The minimum Gasteiger partial charge on any atom is -0.381 e. The van der Waals surface area contributed by atoms with E-state index in [1.807, 2.05) is 12.4 Å². The van der Waals surface area contributed by atoms with Gasteiger partial charge >= 0.3 is 0 Å². The Morgan fingerprint density at radius 1 is 1.29 bits per heavy atom. The number of hydrogen-bond donors (Lipinski definition) is 1. The fourth-order valence-electron chi connectivity index (χ4n) is 1.63. The van der Waals surface area contributed by atoms with Gasteiger partial charge in [0.05, 0.1) is 6.20 Å². The van der Waals surface area contributed by atoms with Gasteiger partial charge in [0.2, 0.25) is 0 Å². The lowest BCUT2D eigenvalue weighted by molar-refractivity contribution is 0.936. The van der Waals surface area contributed by atoms with E-state index in [1.54, 1.807) is 10.9 Å². The van der Waals surface area contributed by atoms with Gasteiger partial charge in [0.1, 0.15) is 0 Å². The Kier molecular flexibility index (Phi) is 3.60. The third-order valence-corrected chi connectivity index (χ3v) is 2.70. The quantitative estimate of drug-likeness (QED) is 0.850. The highest BCUT2D eigenvalue weighted by Gasteiger charge is 1.97. The van der Waals surface area contributed by atoms with E-state index in [4.69, 9.17) is 0 Å². The van der Waals surface area contributed by atoms with Crippen molar-refractivity contribution in [3.63, 3.8) is 0 Å². The normalized spacial score (nSPS) is 10.2. The van der Waals surface area contributed by atoms with Crippen molar-refractivity contribution in [2.45, 2.75) is 19.9 Å². The van der Waals surface area contributed by atoms with Crippen LogP contribution in [-0.2, 0) is 13.0 Å². The number of hydrogen-bond acceptors (Lipinski definition) is 2. The summed E-state index contributed by atoms with van der Waals surface area (Å²) in [6.45, 7) is 6.60. The van der Waals surface area contributed by atoms with Crippen molar-refractivity contribution in [1.29, 1.82) is 0 Å². The van der Waals surface area contributed by atoms with Crippen LogP contribution >= 0.6 is 0 Å². The first kappa shape index (κ1) is 11.5. The Hall–Kier alpha value is -2.03. The predicted octanol–water partition coefficient (Wildman–Crippen LogP) is 3.16. The number of aryl methyl sites for hydroxylation is 1. The minimum absolute atomic E-state index is 0.777. The molecule has 3 nitrogen and oxygen atoms in total. The van der Waals surface area contributed by atoms with E-state index in [0.717, 1.165) is 24.2 Å². The Morgan fingerprint density at radius 3 is 2.65 bits per heavy atom. The summed E-state index contributed by atoms with van der Waals surface area (Å²) in [5.74, 6) is 0. The van der Waals surface area contributed by atoms with Crippen LogP contribution in [0.5, 0.6) is 0 Å². The maximum atomic E-state index is 4.13. The van der Waals surface area contributed by atoms with Crippen LogP contribution < -0.4 is 5.32 Å². The van der Waals surface area contributed by atoms with Gasteiger partial charge in [-0.05, 0) is 24.1 Å². The summed E-state index contributed by atoms with van der Waals surface area (Å²) in [5.41, 5.74) is 3.63. The molecule has 1 N–H and O–H groups in total. The molecular formula is C14H17N3. The van der Waals surface area contributed by atoms with Crippen molar-refractivity contribution in [2.75, 3.05) is 5.32 Å². The fraction of sp³-hybridized carbons (Fsp3) is 0.214. The van der Waals surface area contributed by atoms with Crippen LogP contribution in [0, 0.1) is 0 Å². The topological polar surface area (TPSA) is 29.9 Å². The molecule has 0 saturated heterocycles. The van der Waals surface area contributed by atoms with E-state index < -0.39 is 0 Å². The van der Waals surface area contributed by atoms with Gasteiger partial charge in [-0.3, -0.25) is 0 Å². The van der Waals surface area contributed by atoms with Crippen molar-refractivity contribution in [3.8, 4) is 0 Å². The maximum Gasteiger partial charge on any atom is 0.0543 e. The van der Waals surface area contributed by atoms with Crippen LogP contribution in [0.4, 0.5) is 5.69 Å². The van der Waals surface area contributed by atoms with Gasteiger partial charge in [0, 0.05) is 30.2 Å². The predicted molar refractivity (Wildman–Crippen MR) is 71.8 cm³/mol. The molecule has 0 saturated carbocycles. The summed E-state index contributed by atoms with van der Waals surface area (Å²) in [6.07, 6.45) is 6.56. The van der Waals surface area contributed by atoms with Gasteiger partial charge in [-0.15, -0.1) is 0 Å². The van der Waals surface area contributed by atoms with Gasteiger partial charge in [-0.1, -0.05) is 25.6 Å². The van der Waals surface area contributed by atoms with Crippen molar-refractivity contribution in [3.05, 3.63) is 54.4 Å². The molecule has 0 fully saturated rings. The van der Waals surface area contributed by atoms with Crippen molar-refractivity contribution >= 4 is 11.9 Å². The number of nitrogens with one attached hydrogen (secondary N) is 1. The second kappa shape index (κ2) is 5.34. The molecule has 0 spiro atoms. The Balaban J connectivity index is 1.94. The molecule has 3 heteroatoms. The summed E-state index contributed by atoms with van der Waals surface area (Å²) in [6, 6.07) is 8.51. The molecular weight excluding hydrogens is 210 g/mol. The molecule has 1 aromatic heterocycles. The zero-order valence-electron chi connectivity index (χ0n) is 10.1. The molecule has 0 bridgehead atoms. The van der Waals surface area contributed by atoms with E-state index in [0.29, 0.717) is 0 Å². The first-order valence-corrected chi connectivity index (χ1v) is 5.80. The third kappa shape index (κ3) is 2.97. The number of aromatic nitrogens is 2. The van der Waals surface area contributed by atoms with Crippen molar-refractivity contribution in [2.24, 2.45) is 0 Å². The van der Waals surface area contributed by atoms with E-state index >= 15 is 0 Å². The molecule has 0 radical (unpaired) electrons. The van der Waals surface area contributed by atoms with Gasteiger partial charge in [-0.2, -0.15) is 5.10 Å². The highest BCUT2D eigenvalue weighted by Crippen LogP contribution is 2.11. The molecule has 0 aliphatic carbocycles. The average molecular weight is 227 g/mol. The standard InChI is InChI=1S/C14H17N3/c1-3-12-5-7-14(8-6-12)15-9-13-10-16-17(4-2)11-13/h4-8,10-11,15H,2-3,9H2,1H3. The summed E-state index contributed by atoms with van der Waals surface area (Å²) in [7, 11) is 0. The lowest BCUT2D eigenvalue weighted by Gasteiger charge is -2.05. The second-order valence-corrected chi connectivity index (χ2v) is 3.92. The lowest BCUT2D eigenvalue weighted by atomic mass is 10.1. The summed E-state index contributed by atoms with van der Waals surface area (Å²) in [5, 5.41) is 7.49. The molecule has 0 unspecified atom stereocenters. The van der Waals surface area contributed by atoms with Crippen LogP contribution in [0.1, 0.15) is 18.1 Å². The van der Waals surface area contributed by atoms with Gasteiger partial charge in [-0.25, -0.2) is 4.68 Å². The van der Waals surface area contributed by atoms with Crippen LogP contribution in [0.2, 0.25) is 0 Å². The van der Waals surface area contributed by atoms with E-state index in [-0.39, 0.29) is 0 Å². The maximum absolute atomic E-state index is 4.13. The Morgan fingerprint density at radius 2 is 2.06 bits per heavy atom. The summed E-state index contributed by atoms with van der Waals surface area (Å²) < 4.78 is 1.71. The third-order valence-electron chi connectivity index (χ3n) is 2.70. The van der Waals surface area contributed by atoms with Crippen molar-refractivity contribution in [1.82, 2.24) is 9.78 Å². The first-order chi connectivity index (χ1) is 8.31. The van der Waals surface area contributed by atoms with Crippen LogP contribution in [0.3, 0.4) is 0 Å². The molecule has 88 valence electrons. The molecule has 17 heavy (non-hydrogen) atoms. The number of anilines is 1. The molecule has 1 heterocycles. The van der Waals surface area contributed by atoms with Gasteiger partial charge < -0.3 is 5.32 Å². The fourth-order valence-corrected chi connectivity index (χ4v) is 1.63. The number of benzene rings is 1. The Labute approximate surface area is 102 Å². The molecule has 2 aromatic rings. The highest BCUT2D eigenvalue weighted by atomic mass is 15.2. The number of rotatable bonds is 5. The second-order valence-electron chi connectivity index (χ2n) is 3.92. The molecule has 0 aliphatic rings. The largest absolute Gasteiger partial charge is 0.381 e. The van der Waals surface area contributed by atoms with E-state index in [1.165, 1.54) is 5.56 Å². The van der Waals surface area contributed by atoms with Crippen LogP contribution in [0.15, 0.2) is 43.2 Å². The molecule has 0 amide bonds. The molecule has 0 aliphatic heterocycles. The zero-order valence-corrected chi connectivity index (χ0v) is 10.1. The first-order valence-electron chi connectivity index (χ1n) is 5.80. The van der Waals surface area contributed by atoms with Crippen LogP contribution in [0.25, 0.3) is 6.20 Å². The molecule has 0 atom stereocenters. The minimum atomic E-state index is 0.777. The van der Waals surface area contributed by atoms with Crippen LogP contribution in [-0.4, -0.2) is 9.78 Å². The lowest BCUT2D eigenvalue weighted by Crippen LogP contribution is -1.98. The Bertz CT molecular complexity index is 482. The summed E-state index contributed by atoms with van der Waals surface area (Å²) in [4.78, 5) is 0. The molecule has 1 aromatic carbocycles. The monoisotopic (exact) mass is 227 g/mol. The smallest absolute Gasteiger partial charge is 0.0543 e. The van der Waals surface area contributed by atoms with Crippen molar-refractivity contribution < 1.29 is 0 Å². The zero-order chi connectivity index (χ0) is 12.1. The average Bonchev–Trinajstić information content (AvgIpc) is 2.85. The molecule has 2 rings (SSSR count). The van der Waals surface area contributed by atoms with E-state index in [9.17, 15) is 0 Å². The summed E-state index contributed by atoms with van der Waals surface area (Å²) >= 11 is 0. The SMILES string of the molecule is C=Cn1cc(CNc2ccc(CC)cc2)cn1.